The number of aromatic amines is 1. The number of anilines is 1. The van der Waals surface area contributed by atoms with Crippen molar-refractivity contribution in [3.05, 3.63) is 21.9 Å². The summed E-state index contributed by atoms with van der Waals surface area (Å²) in [5.74, 6) is 0. The van der Waals surface area contributed by atoms with Crippen molar-refractivity contribution in [3.8, 4) is 0 Å². The molecule has 2 aromatic rings. The lowest BCUT2D eigenvalue weighted by atomic mass is 10.2. The van der Waals surface area contributed by atoms with E-state index in [9.17, 15) is 0 Å². The van der Waals surface area contributed by atoms with Gasteiger partial charge in [0.1, 0.15) is 3.70 Å². The number of rotatable bonds is 1. The van der Waals surface area contributed by atoms with Crippen molar-refractivity contribution in [1.29, 1.82) is 0 Å². The van der Waals surface area contributed by atoms with Crippen LogP contribution in [0.25, 0.3) is 10.9 Å². The minimum Gasteiger partial charge on any atom is -0.371 e. The molecule has 78 valence electrons. The van der Waals surface area contributed by atoms with Crippen LogP contribution in [-0.4, -0.2) is 23.3 Å². The highest BCUT2D eigenvalue weighted by Crippen LogP contribution is 2.25. The van der Waals surface area contributed by atoms with Crippen LogP contribution in [0, 0.1) is 3.70 Å². The van der Waals surface area contributed by atoms with Crippen LogP contribution in [0.5, 0.6) is 0 Å². The molecule has 0 amide bonds. The van der Waals surface area contributed by atoms with Gasteiger partial charge in [-0.1, -0.05) is 0 Å². The van der Waals surface area contributed by atoms with Gasteiger partial charge in [0, 0.05) is 24.2 Å². The number of H-pyrrole nitrogens is 1. The minimum atomic E-state index is 1.07. The quantitative estimate of drug-likeness (QED) is 0.821. The van der Waals surface area contributed by atoms with Crippen LogP contribution < -0.4 is 4.90 Å². The van der Waals surface area contributed by atoms with E-state index in [4.69, 9.17) is 0 Å². The molecule has 0 radical (unpaired) electrons. The molecule has 3 rings (SSSR count). The highest BCUT2D eigenvalue weighted by molar-refractivity contribution is 14.1. The van der Waals surface area contributed by atoms with E-state index in [1.54, 1.807) is 0 Å². The lowest BCUT2D eigenvalue weighted by molar-refractivity contribution is 0.949. The van der Waals surface area contributed by atoms with Gasteiger partial charge in [0.25, 0.3) is 0 Å². The van der Waals surface area contributed by atoms with Crippen LogP contribution in [0.2, 0.25) is 0 Å². The van der Waals surface area contributed by atoms with Crippen LogP contribution in [0.4, 0.5) is 5.69 Å². The van der Waals surface area contributed by atoms with Crippen LogP contribution in [0.15, 0.2) is 18.2 Å². The van der Waals surface area contributed by atoms with Gasteiger partial charge in [0.15, 0.2) is 0 Å². The maximum atomic E-state index is 4.29. The van der Waals surface area contributed by atoms with E-state index in [0.717, 1.165) is 9.22 Å². The maximum Gasteiger partial charge on any atom is 0.104 e. The molecule has 1 fully saturated rings. The number of hydrogen-bond acceptors (Lipinski definition) is 2. The van der Waals surface area contributed by atoms with Crippen molar-refractivity contribution in [2.75, 3.05) is 18.0 Å². The molecule has 1 aliphatic heterocycles. The molecule has 0 aliphatic carbocycles. The third-order valence-corrected chi connectivity index (χ3v) is 3.79. The fourth-order valence-corrected chi connectivity index (χ4v) is 2.72. The number of hydrogen-bond donors (Lipinski definition) is 1. The van der Waals surface area contributed by atoms with E-state index < -0.39 is 0 Å². The van der Waals surface area contributed by atoms with Crippen molar-refractivity contribution >= 4 is 39.2 Å². The Morgan fingerprint density at radius 2 is 2.07 bits per heavy atom. The zero-order valence-electron chi connectivity index (χ0n) is 8.33. The number of nitrogens with one attached hydrogen (secondary N) is 1. The lowest BCUT2D eigenvalue weighted by Gasteiger charge is -2.17. The van der Waals surface area contributed by atoms with Crippen molar-refractivity contribution in [1.82, 2.24) is 10.2 Å². The summed E-state index contributed by atoms with van der Waals surface area (Å²) in [6, 6.07) is 6.54. The lowest BCUT2D eigenvalue weighted by Crippen LogP contribution is -2.17. The van der Waals surface area contributed by atoms with Crippen LogP contribution in [0.3, 0.4) is 0 Å². The Hall–Kier alpha value is -0.780. The summed E-state index contributed by atoms with van der Waals surface area (Å²) >= 11 is 2.28. The van der Waals surface area contributed by atoms with E-state index in [1.807, 2.05) is 0 Å². The highest BCUT2D eigenvalue weighted by atomic mass is 127. The monoisotopic (exact) mass is 313 g/mol. The molecule has 0 spiro atoms. The van der Waals surface area contributed by atoms with Gasteiger partial charge in [-0.2, -0.15) is 5.10 Å². The third-order valence-electron chi connectivity index (χ3n) is 2.96. The molecule has 4 heteroatoms. The Morgan fingerprint density at radius 3 is 2.87 bits per heavy atom. The first-order valence-electron chi connectivity index (χ1n) is 5.23. The Kier molecular flexibility index (Phi) is 2.31. The summed E-state index contributed by atoms with van der Waals surface area (Å²) in [5, 5.41) is 8.52. The van der Waals surface area contributed by atoms with E-state index in [0.29, 0.717) is 0 Å². The molecule has 0 saturated carbocycles. The van der Waals surface area contributed by atoms with Crippen molar-refractivity contribution in [2.45, 2.75) is 12.8 Å². The molecule has 3 nitrogen and oxygen atoms in total. The normalized spacial score (nSPS) is 16.5. The Balaban J connectivity index is 2.05. The largest absolute Gasteiger partial charge is 0.371 e. The molecule has 1 aliphatic rings. The summed E-state index contributed by atoms with van der Waals surface area (Å²) < 4.78 is 1.12. The SMILES string of the molecule is Ic1[nH]nc2cc(N3CCCC3)ccc12. The number of halogens is 1. The van der Waals surface area contributed by atoms with Gasteiger partial charge in [-0.15, -0.1) is 0 Å². The van der Waals surface area contributed by atoms with Crippen LogP contribution in [-0.2, 0) is 0 Å². The molecule has 0 atom stereocenters. The summed E-state index contributed by atoms with van der Waals surface area (Å²) in [6.07, 6.45) is 2.63. The molecular formula is C11H12IN3. The first-order chi connectivity index (χ1) is 7.34. The van der Waals surface area contributed by atoms with E-state index in [2.05, 4.69) is 55.9 Å². The second kappa shape index (κ2) is 3.66. The minimum absolute atomic E-state index is 1.07. The van der Waals surface area contributed by atoms with E-state index >= 15 is 0 Å². The standard InChI is InChI=1S/C11H12IN3/c12-11-9-4-3-8(7-10(9)13-14-11)15-5-1-2-6-15/h3-4,7H,1-2,5-6H2,(H,13,14). The Bertz CT molecular complexity index is 486. The zero-order valence-corrected chi connectivity index (χ0v) is 10.5. The van der Waals surface area contributed by atoms with Gasteiger partial charge in [-0.05, 0) is 53.6 Å². The third kappa shape index (κ3) is 1.60. The second-order valence-corrected chi connectivity index (χ2v) is 5.01. The molecule has 0 bridgehead atoms. The van der Waals surface area contributed by atoms with E-state index in [-0.39, 0.29) is 0 Å². The predicted octanol–water partition coefficient (Wildman–Crippen LogP) is 2.77. The van der Waals surface area contributed by atoms with Gasteiger partial charge in [-0.25, -0.2) is 0 Å². The van der Waals surface area contributed by atoms with Crippen molar-refractivity contribution in [2.24, 2.45) is 0 Å². The average Bonchev–Trinajstić information content (AvgIpc) is 2.88. The fourth-order valence-electron chi connectivity index (χ4n) is 2.14. The summed E-state index contributed by atoms with van der Waals surface area (Å²) in [6.45, 7) is 2.38. The molecule has 2 heterocycles. The van der Waals surface area contributed by atoms with Gasteiger partial charge in [-0.3, -0.25) is 5.10 Å². The predicted molar refractivity (Wildman–Crippen MR) is 70.3 cm³/mol. The van der Waals surface area contributed by atoms with Gasteiger partial charge >= 0.3 is 0 Å². The smallest absolute Gasteiger partial charge is 0.104 e. The maximum absolute atomic E-state index is 4.29. The topological polar surface area (TPSA) is 31.9 Å². The summed E-state index contributed by atoms with van der Waals surface area (Å²) in [4.78, 5) is 2.43. The summed E-state index contributed by atoms with van der Waals surface area (Å²) in [7, 11) is 0. The second-order valence-electron chi connectivity index (χ2n) is 3.93. The molecule has 15 heavy (non-hydrogen) atoms. The molecule has 1 N–H and O–H groups in total. The van der Waals surface area contributed by atoms with Crippen LogP contribution in [0.1, 0.15) is 12.8 Å². The van der Waals surface area contributed by atoms with Gasteiger partial charge in [0.05, 0.1) is 5.52 Å². The number of nitrogens with zero attached hydrogens (tertiary/aromatic N) is 2. The molecule has 1 aromatic heterocycles. The highest BCUT2D eigenvalue weighted by Gasteiger charge is 2.13. The molecule has 1 saturated heterocycles. The van der Waals surface area contributed by atoms with Gasteiger partial charge in [0.2, 0.25) is 0 Å². The number of fused-ring (bicyclic) bond motifs is 1. The Labute approximate surface area is 102 Å². The zero-order chi connectivity index (χ0) is 10.3. The van der Waals surface area contributed by atoms with Crippen molar-refractivity contribution in [3.63, 3.8) is 0 Å². The average molecular weight is 313 g/mol. The summed E-state index contributed by atoms with van der Waals surface area (Å²) in [5.41, 5.74) is 2.38. The van der Waals surface area contributed by atoms with Crippen molar-refractivity contribution < 1.29 is 0 Å². The van der Waals surface area contributed by atoms with E-state index in [1.165, 1.54) is 37.0 Å². The van der Waals surface area contributed by atoms with Crippen LogP contribution >= 0.6 is 22.6 Å². The fraction of sp³-hybridized carbons (Fsp3) is 0.364. The Morgan fingerprint density at radius 1 is 1.27 bits per heavy atom. The first kappa shape index (κ1) is 9.45. The number of benzene rings is 1. The molecule has 1 aromatic carbocycles. The number of aromatic nitrogens is 2. The molecular weight excluding hydrogens is 301 g/mol. The molecule has 0 unspecified atom stereocenters. The van der Waals surface area contributed by atoms with Gasteiger partial charge < -0.3 is 4.90 Å². The first-order valence-corrected chi connectivity index (χ1v) is 6.31.